The molecule has 0 spiro atoms. The van der Waals surface area contributed by atoms with Gasteiger partial charge < -0.3 is 0 Å². The van der Waals surface area contributed by atoms with Crippen LogP contribution in [0.1, 0.15) is 37.5 Å². The SMILES string of the molecule is CC(C)(C)c1ccc(Cn2cc(C(=N)[Se])c3c(N)ncnc32)cc1. The third kappa shape index (κ3) is 3.07. The fraction of sp³-hybridized carbons (Fsp3) is 0.278. The molecule has 24 heavy (non-hydrogen) atoms. The van der Waals surface area contributed by atoms with Crippen molar-refractivity contribution in [2.45, 2.75) is 32.7 Å². The Morgan fingerprint density at radius 1 is 1.21 bits per heavy atom. The molecular formula is C18H20N5Se. The molecule has 0 amide bonds. The van der Waals surface area contributed by atoms with Crippen molar-refractivity contribution in [3.05, 3.63) is 53.5 Å². The molecule has 0 aliphatic carbocycles. The molecule has 0 aliphatic heterocycles. The Morgan fingerprint density at radius 2 is 1.88 bits per heavy atom. The first-order chi connectivity index (χ1) is 11.3. The molecule has 1 radical (unpaired) electrons. The van der Waals surface area contributed by atoms with E-state index in [1.165, 1.54) is 17.5 Å². The van der Waals surface area contributed by atoms with Gasteiger partial charge in [0.2, 0.25) is 0 Å². The number of hydrogen-bond donors (Lipinski definition) is 2. The van der Waals surface area contributed by atoms with Gasteiger partial charge in [0.15, 0.2) is 0 Å². The maximum absolute atomic E-state index is 7.92. The van der Waals surface area contributed by atoms with Crippen molar-refractivity contribution in [3.8, 4) is 0 Å². The van der Waals surface area contributed by atoms with Gasteiger partial charge in [-0.15, -0.1) is 0 Å². The topological polar surface area (TPSA) is 80.6 Å². The predicted molar refractivity (Wildman–Crippen MR) is 98.8 cm³/mol. The maximum atomic E-state index is 7.92. The first-order valence-corrected chi connectivity index (χ1v) is 8.57. The molecule has 0 aliphatic rings. The summed E-state index contributed by atoms with van der Waals surface area (Å²) in [6, 6.07) is 8.61. The second-order valence-electron chi connectivity index (χ2n) is 6.90. The minimum atomic E-state index is 0.140. The number of hydrogen-bond acceptors (Lipinski definition) is 4. The molecule has 0 saturated heterocycles. The van der Waals surface area contributed by atoms with Crippen LogP contribution >= 0.6 is 0 Å². The van der Waals surface area contributed by atoms with Gasteiger partial charge in [0.05, 0.1) is 0 Å². The van der Waals surface area contributed by atoms with E-state index in [1.54, 1.807) is 0 Å². The molecule has 1 aromatic carbocycles. The van der Waals surface area contributed by atoms with Crippen LogP contribution in [0.2, 0.25) is 0 Å². The van der Waals surface area contributed by atoms with Crippen LogP contribution in [0.3, 0.4) is 0 Å². The fourth-order valence-electron chi connectivity index (χ4n) is 2.75. The molecular weight excluding hydrogens is 365 g/mol. The summed E-state index contributed by atoms with van der Waals surface area (Å²) in [5.74, 6) is 0.400. The Balaban J connectivity index is 2.02. The summed E-state index contributed by atoms with van der Waals surface area (Å²) >= 11 is 2.74. The Hall–Kier alpha value is -2.17. The summed E-state index contributed by atoms with van der Waals surface area (Å²) in [5, 5.41) is 8.65. The van der Waals surface area contributed by atoms with E-state index in [0.29, 0.717) is 17.0 Å². The third-order valence-electron chi connectivity index (χ3n) is 4.10. The summed E-state index contributed by atoms with van der Waals surface area (Å²) in [7, 11) is 0. The molecule has 0 atom stereocenters. The number of rotatable bonds is 3. The second-order valence-corrected chi connectivity index (χ2v) is 7.76. The monoisotopic (exact) mass is 386 g/mol. The zero-order valence-electron chi connectivity index (χ0n) is 14.0. The van der Waals surface area contributed by atoms with Crippen LogP contribution in [0.25, 0.3) is 11.0 Å². The van der Waals surface area contributed by atoms with Gasteiger partial charge in [-0.3, -0.25) is 0 Å². The first-order valence-electron chi connectivity index (χ1n) is 7.72. The standard InChI is InChI=1S/C18H20N5Se/c1-18(2,3)12-6-4-11(5-7-12)8-23-9-13(16(20)24)14-15(19)21-10-22-17(14)23/h4-7,9-10,20H,8H2,1-3H3,(H2,19,21,22). The number of aromatic nitrogens is 3. The summed E-state index contributed by atoms with van der Waals surface area (Å²) in [4.78, 5) is 8.41. The number of nitrogen functional groups attached to an aromatic ring is 1. The number of anilines is 1. The van der Waals surface area contributed by atoms with Gasteiger partial charge in [0.25, 0.3) is 0 Å². The van der Waals surface area contributed by atoms with Gasteiger partial charge in [0, 0.05) is 0 Å². The summed E-state index contributed by atoms with van der Waals surface area (Å²) in [6.45, 7) is 7.29. The van der Waals surface area contributed by atoms with Gasteiger partial charge in [-0.1, -0.05) is 0 Å². The molecule has 3 aromatic rings. The van der Waals surface area contributed by atoms with Gasteiger partial charge in [-0.05, 0) is 0 Å². The van der Waals surface area contributed by atoms with Gasteiger partial charge >= 0.3 is 149 Å². The van der Waals surface area contributed by atoms with E-state index in [2.05, 4.69) is 71.0 Å². The Morgan fingerprint density at radius 3 is 2.46 bits per heavy atom. The molecule has 0 unspecified atom stereocenters. The van der Waals surface area contributed by atoms with Gasteiger partial charge in [0.1, 0.15) is 0 Å². The van der Waals surface area contributed by atoms with Crippen LogP contribution in [0, 0.1) is 5.41 Å². The van der Waals surface area contributed by atoms with E-state index >= 15 is 0 Å². The number of nitrogens with two attached hydrogens (primary N) is 1. The summed E-state index contributed by atoms with van der Waals surface area (Å²) < 4.78 is 2.35. The number of nitrogens with one attached hydrogen (secondary N) is 1. The van der Waals surface area contributed by atoms with Crippen LogP contribution in [-0.4, -0.2) is 35.2 Å². The normalized spacial score (nSPS) is 11.8. The molecule has 3 N–H and O–H groups in total. The van der Waals surface area contributed by atoms with Crippen LogP contribution in [0.15, 0.2) is 36.8 Å². The van der Waals surface area contributed by atoms with Crippen molar-refractivity contribution < 1.29 is 0 Å². The molecule has 2 aromatic heterocycles. The van der Waals surface area contributed by atoms with E-state index in [0.717, 1.165) is 16.6 Å². The molecule has 0 saturated carbocycles. The van der Waals surface area contributed by atoms with Gasteiger partial charge in [-0.25, -0.2) is 0 Å². The molecule has 2 heterocycles. The Labute approximate surface area is 149 Å². The molecule has 0 bridgehead atoms. The van der Waals surface area contributed by atoms with Crippen LogP contribution in [0.5, 0.6) is 0 Å². The van der Waals surface area contributed by atoms with E-state index in [-0.39, 0.29) is 5.41 Å². The van der Waals surface area contributed by atoms with E-state index in [4.69, 9.17) is 11.1 Å². The summed E-state index contributed by atoms with van der Waals surface area (Å²) in [5.41, 5.74) is 10.1. The van der Waals surface area contributed by atoms with Crippen molar-refractivity contribution in [2.75, 3.05) is 5.73 Å². The zero-order chi connectivity index (χ0) is 17.5. The number of nitrogens with zero attached hydrogens (tertiary/aromatic N) is 3. The van der Waals surface area contributed by atoms with Crippen molar-refractivity contribution in [3.63, 3.8) is 0 Å². The van der Waals surface area contributed by atoms with Gasteiger partial charge in [-0.2, -0.15) is 0 Å². The Kier molecular flexibility index (Phi) is 4.20. The average molecular weight is 385 g/mol. The molecule has 6 heteroatoms. The second kappa shape index (κ2) is 6.04. The van der Waals surface area contributed by atoms with Crippen molar-refractivity contribution in [1.29, 1.82) is 5.41 Å². The fourth-order valence-corrected chi connectivity index (χ4v) is 3.07. The average Bonchev–Trinajstić information content (AvgIpc) is 2.87. The molecule has 3 rings (SSSR count). The van der Waals surface area contributed by atoms with Crippen molar-refractivity contribution in [1.82, 2.24) is 14.5 Å². The van der Waals surface area contributed by atoms with Crippen molar-refractivity contribution >= 4 is 37.5 Å². The third-order valence-corrected chi connectivity index (χ3v) is 4.56. The van der Waals surface area contributed by atoms with E-state index in [1.807, 2.05) is 10.8 Å². The van der Waals surface area contributed by atoms with E-state index < -0.39 is 0 Å². The van der Waals surface area contributed by atoms with Crippen LogP contribution in [-0.2, 0) is 12.0 Å². The van der Waals surface area contributed by atoms with Crippen LogP contribution in [0.4, 0.5) is 5.82 Å². The van der Waals surface area contributed by atoms with E-state index in [9.17, 15) is 0 Å². The number of benzene rings is 1. The Bertz CT molecular complexity index is 904. The molecule has 0 fully saturated rings. The molecule has 123 valence electrons. The van der Waals surface area contributed by atoms with Crippen LogP contribution < -0.4 is 5.73 Å². The number of fused-ring (bicyclic) bond motifs is 1. The predicted octanol–water partition coefficient (Wildman–Crippen LogP) is 2.85. The van der Waals surface area contributed by atoms with Crippen molar-refractivity contribution in [2.24, 2.45) is 0 Å². The quantitative estimate of drug-likeness (QED) is 0.537. The first kappa shape index (κ1) is 16.7. The zero-order valence-corrected chi connectivity index (χ0v) is 15.7. The summed E-state index contributed by atoms with van der Waals surface area (Å²) in [6.07, 6.45) is 3.37. The minimum absolute atomic E-state index is 0.140. The molecule has 5 nitrogen and oxygen atoms in total.